The quantitative estimate of drug-likeness (QED) is 0.804. The van der Waals surface area contributed by atoms with Crippen LogP contribution < -0.4 is 11.2 Å². The fourth-order valence-electron chi connectivity index (χ4n) is 2.09. The third-order valence-corrected chi connectivity index (χ3v) is 4.20. The Hall–Kier alpha value is -1.56. The van der Waals surface area contributed by atoms with Crippen molar-refractivity contribution >= 4 is 22.8 Å². The molecule has 110 valence electrons. The number of fused-ring (bicyclic) bond motifs is 1. The van der Waals surface area contributed by atoms with Crippen molar-refractivity contribution < 1.29 is 0 Å². The maximum absolute atomic E-state index is 12.3. The van der Waals surface area contributed by atoms with Crippen molar-refractivity contribution in [2.75, 3.05) is 0 Å². The van der Waals surface area contributed by atoms with Crippen molar-refractivity contribution in [1.29, 1.82) is 0 Å². The first-order valence-electron chi connectivity index (χ1n) is 6.57. The first kappa shape index (κ1) is 14.8. The lowest BCUT2D eigenvalue weighted by Crippen LogP contribution is -2.37. The first-order chi connectivity index (χ1) is 9.25. The predicted octanol–water partition coefficient (Wildman–Crippen LogP) is 1.38. The second-order valence-electron chi connectivity index (χ2n) is 5.59. The number of aryl methyl sites for hydroxylation is 1. The summed E-state index contributed by atoms with van der Waals surface area (Å²) in [5.41, 5.74) is -0.0506. The van der Waals surface area contributed by atoms with E-state index >= 15 is 0 Å². The minimum atomic E-state index is -0.402. The van der Waals surface area contributed by atoms with Gasteiger partial charge in [0.05, 0.1) is 0 Å². The van der Waals surface area contributed by atoms with E-state index in [2.05, 4.69) is 25.8 Å². The van der Waals surface area contributed by atoms with Gasteiger partial charge in [-0.2, -0.15) is 4.98 Å². The maximum atomic E-state index is 12.3. The van der Waals surface area contributed by atoms with Gasteiger partial charge < -0.3 is 4.57 Å². The molecule has 0 radical (unpaired) electrons. The summed E-state index contributed by atoms with van der Waals surface area (Å²) in [7, 11) is 3.05. The van der Waals surface area contributed by atoms with E-state index in [-0.39, 0.29) is 10.8 Å². The van der Waals surface area contributed by atoms with Gasteiger partial charge >= 0.3 is 5.69 Å². The largest absolute Gasteiger partial charge is 0.332 e. The minimum absolute atomic E-state index is 0.241. The van der Waals surface area contributed by atoms with Gasteiger partial charge in [0.2, 0.25) is 5.28 Å². The van der Waals surface area contributed by atoms with E-state index in [9.17, 15) is 9.59 Å². The number of halogens is 1. The molecule has 2 rings (SSSR count). The number of imidazole rings is 1. The van der Waals surface area contributed by atoms with Crippen LogP contribution in [0.4, 0.5) is 0 Å². The van der Waals surface area contributed by atoms with E-state index in [0.29, 0.717) is 29.5 Å². The molecule has 0 aromatic carbocycles. The van der Waals surface area contributed by atoms with Crippen molar-refractivity contribution in [3.63, 3.8) is 0 Å². The summed E-state index contributed by atoms with van der Waals surface area (Å²) < 4.78 is 4.12. The first-order valence-corrected chi connectivity index (χ1v) is 6.95. The van der Waals surface area contributed by atoms with Gasteiger partial charge in [0.25, 0.3) is 5.56 Å². The number of hydrogen-bond donors (Lipinski definition) is 0. The molecule has 2 heterocycles. The Morgan fingerprint density at radius 3 is 2.30 bits per heavy atom. The van der Waals surface area contributed by atoms with Crippen LogP contribution in [-0.2, 0) is 20.6 Å². The average molecular weight is 299 g/mol. The van der Waals surface area contributed by atoms with Gasteiger partial charge in [0.1, 0.15) is 0 Å². The molecule has 0 amide bonds. The standard InChI is InChI=1S/C13H19ClN4O2/c1-7(2)8(3)6-18-9-10(15-12(18)14)16(4)13(20)17(5)11(9)19/h7-8H,6H2,1-5H3. The van der Waals surface area contributed by atoms with Crippen LogP contribution in [0.25, 0.3) is 11.2 Å². The molecule has 0 aliphatic heterocycles. The zero-order valence-corrected chi connectivity index (χ0v) is 13.1. The van der Waals surface area contributed by atoms with E-state index in [1.807, 2.05) is 0 Å². The van der Waals surface area contributed by atoms with Crippen LogP contribution in [0.5, 0.6) is 0 Å². The van der Waals surface area contributed by atoms with E-state index in [1.165, 1.54) is 11.6 Å². The number of rotatable bonds is 3. The van der Waals surface area contributed by atoms with Gasteiger partial charge in [-0.3, -0.25) is 13.9 Å². The second kappa shape index (κ2) is 5.09. The van der Waals surface area contributed by atoms with Gasteiger partial charge in [0.15, 0.2) is 11.2 Å². The van der Waals surface area contributed by atoms with Gasteiger partial charge in [-0.15, -0.1) is 0 Å². The lowest BCUT2D eigenvalue weighted by Gasteiger charge is -2.17. The molecule has 0 aliphatic carbocycles. The highest BCUT2D eigenvalue weighted by atomic mass is 35.5. The lowest BCUT2D eigenvalue weighted by molar-refractivity contribution is 0.368. The Morgan fingerprint density at radius 1 is 1.15 bits per heavy atom. The van der Waals surface area contributed by atoms with Crippen LogP contribution in [0.1, 0.15) is 20.8 Å². The molecular formula is C13H19ClN4O2. The van der Waals surface area contributed by atoms with Crippen LogP contribution in [0.2, 0.25) is 5.28 Å². The average Bonchev–Trinajstić information content (AvgIpc) is 2.71. The smallest absolute Gasteiger partial charge is 0.308 e. The summed E-state index contributed by atoms with van der Waals surface area (Å²) in [4.78, 5) is 28.4. The van der Waals surface area contributed by atoms with Gasteiger partial charge in [-0.05, 0) is 23.4 Å². The SMILES string of the molecule is CC(C)C(C)Cn1c(Cl)nc2c1c(=O)n(C)c(=O)n2C. The molecule has 20 heavy (non-hydrogen) atoms. The highest BCUT2D eigenvalue weighted by molar-refractivity contribution is 6.29. The van der Waals surface area contributed by atoms with Gasteiger partial charge in [-0.1, -0.05) is 20.8 Å². The zero-order valence-electron chi connectivity index (χ0n) is 12.3. The molecule has 1 unspecified atom stereocenters. The molecule has 0 bridgehead atoms. The van der Waals surface area contributed by atoms with Crippen LogP contribution in [0.15, 0.2) is 9.59 Å². The van der Waals surface area contributed by atoms with Crippen molar-refractivity contribution in [2.45, 2.75) is 27.3 Å². The molecule has 0 saturated carbocycles. The third kappa shape index (κ3) is 2.18. The Bertz CT molecular complexity index is 769. The Kier molecular flexibility index (Phi) is 3.77. The van der Waals surface area contributed by atoms with Crippen molar-refractivity contribution in [3.8, 4) is 0 Å². The summed E-state index contributed by atoms with van der Waals surface area (Å²) in [6.45, 7) is 6.93. The minimum Gasteiger partial charge on any atom is -0.308 e. The molecule has 1 atom stereocenters. The number of hydrogen-bond acceptors (Lipinski definition) is 3. The van der Waals surface area contributed by atoms with Gasteiger partial charge in [-0.25, -0.2) is 4.79 Å². The Labute approximate surface area is 121 Å². The maximum Gasteiger partial charge on any atom is 0.332 e. The fourth-order valence-corrected chi connectivity index (χ4v) is 2.32. The van der Waals surface area contributed by atoms with Crippen molar-refractivity contribution in [2.24, 2.45) is 25.9 Å². The summed E-state index contributed by atoms with van der Waals surface area (Å²) in [6.07, 6.45) is 0. The Morgan fingerprint density at radius 2 is 1.75 bits per heavy atom. The molecular weight excluding hydrogens is 280 g/mol. The highest BCUT2D eigenvalue weighted by Gasteiger charge is 2.20. The zero-order chi connectivity index (χ0) is 15.2. The molecule has 0 spiro atoms. The molecule has 0 fully saturated rings. The highest BCUT2D eigenvalue weighted by Crippen LogP contribution is 2.20. The molecule has 2 aromatic rings. The monoisotopic (exact) mass is 298 g/mol. The molecule has 7 heteroatoms. The normalized spacial score (nSPS) is 13.3. The molecule has 0 aliphatic rings. The third-order valence-electron chi connectivity index (χ3n) is 3.91. The van der Waals surface area contributed by atoms with Crippen molar-refractivity contribution in [1.82, 2.24) is 18.7 Å². The molecule has 2 aromatic heterocycles. The van der Waals surface area contributed by atoms with Crippen LogP contribution >= 0.6 is 11.6 Å². The van der Waals surface area contributed by atoms with Crippen LogP contribution in [0.3, 0.4) is 0 Å². The Balaban J connectivity index is 2.77. The van der Waals surface area contributed by atoms with E-state index < -0.39 is 5.69 Å². The van der Waals surface area contributed by atoms with Crippen molar-refractivity contribution in [3.05, 3.63) is 26.1 Å². The predicted molar refractivity (Wildman–Crippen MR) is 79.2 cm³/mol. The summed E-state index contributed by atoms with van der Waals surface area (Å²) in [5.74, 6) is 0.798. The summed E-state index contributed by atoms with van der Waals surface area (Å²) >= 11 is 6.15. The second-order valence-corrected chi connectivity index (χ2v) is 5.93. The van der Waals surface area contributed by atoms with E-state index in [4.69, 9.17) is 11.6 Å². The van der Waals surface area contributed by atoms with Gasteiger partial charge in [0, 0.05) is 20.6 Å². The van der Waals surface area contributed by atoms with E-state index in [0.717, 1.165) is 4.57 Å². The molecule has 6 nitrogen and oxygen atoms in total. The van der Waals surface area contributed by atoms with Crippen LogP contribution in [-0.4, -0.2) is 18.7 Å². The number of aromatic nitrogens is 4. The molecule has 0 saturated heterocycles. The summed E-state index contributed by atoms with van der Waals surface area (Å²) in [6, 6.07) is 0. The number of nitrogens with zero attached hydrogens (tertiary/aromatic N) is 4. The van der Waals surface area contributed by atoms with E-state index in [1.54, 1.807) is 11.6 Å². The molecule has 0 N–H and O–H groups in total. The topological polar surface area (TPSA) is 61.8 Å². The summed E-state index contributed by atoms with van der Waals surface area (Å²) in [5, 5.41) is 0.241. The fraction of sp³-hybridized carbons (Fsp3) is 0.615. The lowest BCUT2D eigenvalue weighted by atomic mass is 9.98. The van der Waals surface area contributed by atoms with Crippen LogP contribution in [0, 0.1) is 11.8 Å².